The highest BCUT2D eigenvalue weighted by molar-refractivity contribution is 5.94. The van der Waals surface area contributed by atoms with Crippen molar-refractivity contribution in [3.05, 3.63) is 29.3 Å². The first kappa shape index (κ1) is 16.1. The van der Waals surface area contributed by atoms with Gasteiger partial charge in [0.2, 0.25) is 5.91 Å². The monoisotopic (exact) mass is 319 g/mol. The van der Waals surface area contributed by atoms with E-state index in [0.29, 0.717) is 6.07 Å². The summed E-state index contributed by atoms with van der Waals surface area (Å²) < 4.78 is 50.8. The Bertz CT molecular complexity index is 562. The van der Waals surface area contributed by atoms with Crippen molar-refractivity contribution >= 4 is 17.6 Å². The van der Waals surface area contributed by atoms with Crippen LogP contribution >= 0.6 is 0 Å². The van der Waals surface area contributed by atoms with Crippen molar-refractivity contribution in [2.75, 3.05) is 18.4 Å². The molecule has 1 fully saturated rings. The maximum Gasteiger partial charge on any atom is 0.314 e. The lowest BCUT2D eigenvalue weighted by molar-refractivity contribution is -0.123. The smallest absolute Gasteiger partial charge is 0.314 e. The van der Waals surface area contributed by atoms with Gasteiger partial charge in [-0.15, -0.1) is 0 Å². The zero-order valence-electron chi connectivity index (χ0n) is 11.2. The molecule has 3 amide bonds. The highest BCUT2D eigenvalue weighted by atomic mass is 19.3. The molecule has 9 heteroatoms. The van der Waals surface area contributed by atoms with E-state index in [1.54, 1.807) is 0 Å². The Kier molecular flexibility index (Phi) is 4.53. The minimum absolute atomic E-state index is 0.109. The van der Waals surface area contributed by atoms with Crippen LogP contribution in [0.4, 0.5) is 28.0 Å². The highest BCUT2D eigenvalue weighted by Gasteiger charge is 2.34. The molecule has 0 spiro atoms. The molecule has 0 bridgehead atoms. The molecule has 0 radical (unpaired) electrons. The number of primary amides is 1. The van der Waals surface area contributed by atoms with Crippen molar-refractivity contribution in [1.82, 2.24) is 4.90 Å². The van der Waals surface area contributed by atoms with Crippen molar-refractivity contribution in [3.8, 4) is 0 Å². The molecule has 1 heterocycles. The van der Waals surface area contributed by atoms with Gasteiger partial charge in [0.05, 0.1) is 5.92 Å². The van der Waals surface area contributed by atoms with E-state index >= 15 is 0 Å². The van der Waals surface area contributed by atoms with Crippen LogP contribution in [0.5, 0.6) is 0 Å². The summed E-state index contributed by atoms with van der Waals surface area (Å²) in [5, 5.41) is 2.31. The molecule has 1 aliphatic rings. The summed E-state index contributed by atoms with van der Waals surface area (Å²) in [4.78, 5) is 23.9. The molecule has 5 nitrogen and oxygen atoms in total. The number of nitrogens with one attached hydrogen (secondary N) is 1. The third-order valence-electron chi connectivity index (χ3n) is 3.31. The Morgan fingerprint density at radius 2 is 1.59 bits per heavy atom. The van der Waals surface area contributed by atoms with Gasteiger partial charge in [0.25, 0.3) is 12.9 Å². The summed E-state index contributed by atoms with van der Waals surface area (Å²) in [5.74, 6) is -1.08. The second-order valence-electron chi connectivity index (χ2n) is 4.92. The second-order valence-corrected chi connectivity index (χ2v) is 4.92. The van der Waals surface area contributed by atoms with Crippen LogP contribution in [-0.4, -0.2) is 29.9 Å². The van der Waals surface area contributed by atoms with Crippen LogP contribution in [0, 0.1) is 5.92 Å². The number of benzene rings is 1. The fourth-order valence-corrected chi connectivity index (χ4v) is 2.07. The maximum atomic E-state index is 12.7. The SMILES string of the molecule is NC(=O)N1CC(C(=O)Nc2cc(C(F)F)cc(C(F)F)c2)C1. The van der Waals surface area contributed by atoms with E-state index in [0.717, 1.165) is 12.1 Å². The summed E-state index contributed by atoms with van der Waals surface area (Å²) in [6, 6.07) is 1.92. The molecule has 0 unspecified atom stereocenters. The highest BCUT2D eigenvalue weighted by Crippen LogP contribution is 2.29. The second kappa shape index (κ2) is 6.20. The van der Waals surface area contributed by atoms with Crippen LogP contribution in [-0.2, 0) is 4.79 Å². The van der Waals surface area contributed by atoms with Gasteiger partial charge < -0.3 is 16.0 Å². The van der Waals surface area contributed by atoms with Crippen LogP contribution in [0.25, 0.3) is 0 Å². The summed E-state index contributed by atoms with van der Waals surface area (Å²) in [7, 11) is 0. The molecule has 3 N–H and O–H groups in total. The topological polar surface area (TPSA) is 75.4 Å². The number of nitrogens with two attached hydrogens (primary N) is 1. The van der Waals surface area contributed by atoms with Crippen molar-refractivity contribution in [1.29, 1.82) is 0 Å². The van der Waals surface area contributed by atoms with Crippen LogP contribution in [0.3, 0.4) is 0 Å². The summed E-state index contributed by atoms with van der Waals surface area (Å²) in [5.41, 5.74) is 3.68. The Morgan fingerprint density at radius 1 is 1.09 bits per heavy atom. The van der Waals surface area contributed by atoms with Crippen molar-refractivity contribution in [2.45, 2.75) is 12.9 Å². The number of anilines is 1. The van der Waals surface area contributed by atoms with Crippen LogP contribution < -0.4 is 11.1 Å². The standard InChI is InChI=1S/C13H13F4N3O2/c14-10(15)6-1-7(11(16)17)3-9(2-6)19-12(21)8-4-20(5-8)13(18)22/h1-3,8,10-11H,4-5H2,(H2,18,22)(H,19,21). The lowest BCUT2D eigenvalue weighted by Crippen LogP contribution is -2.56. The van der Waals surface area contributed by atoms with Crippen LogP contribution in [0.1, 0.15) is 24.0 Å². The third-order valence-corrected chi connectivity index (χ3v) is 3.31. The van der Waals surface area contributed by atoms with Gasteiger partial charge in [0, 0.05) is 29.9 Å². The number of rotatable bonds is 4. The number of urea groups is 1. The number of carbonyl (C=O) groups excluding carboxylic acids is 2. The number of amides is 3. The minimum atomic E-state index is -2.93. The molecular formula is C13H13F4N3O2. The quantitative estimate of drug-likeness (QED) is 0.837. The molecule has 0 atom stereocenters. The van der Waals surface area contributed by atoms with Gasteiger partial charge in [-0.2, -0.15) is 0 Å². The fraction of sp³-hybridized carbons (Fsp3) is 0.385. The normalized spacial score (nSPS) is 15.1. The first-order valence-corrected chi connectivity index (χ1v) is 6.34. The molecule has 120 valence electrons. The average molecular weight is 319 g/mol. The predicted octanol–water partition coefficient (Wildman–Crippen LogP) is 2.51. The number of nitrogens with zero attached hydrogens (tertiary/aromatic N) is 1. The van der Waals surface area contributed by atoms with E-state index in [4.69, 9.17) is 5.73 Å². The fourth-order valence-electron chi connectivity index (χ4n) is 2.07. The van der Waals surface area contributed by atoms with Gasteiger partial charge in [-0.3, -0.25) is 4.79 Å². The van der Waals surface area contributed by atoms with Crippen LogP contribution in [0.15, 0.2) is 18.2 Å². The number of alkyl halides is 4. The van der Waals surface area contributed by atoms with Crippen molar-refractivity contribution in [3.63, 3.8) is 0 Å². The van der Waals surface area contributed by atoms with E-state index < -0.39 is 41.8 Å². The Balaban J connectivity index is 2.09. The van der Waals surface area contributed by atoms with Crippen molar-refractivity contribution in [2.24, 2.45) is 11.7 Å². The number of carbonyl (C=O) groups is 2. The lowest BCUT2D eigenvalue weighted by atomic mass is 9.99. The molecule has 1 aromatic rings. The van der Waals surface area contributed by atoms with E-state index in [-0.39, 0.29) is 18.8 Å². The lowest BCUT2D eigenvalue weighted by Gasteiger charge is -2.36. The van der Waals surface area contributed by atoms with E-state index in [1.807, 2.05) is 0 Å². The number of likely N-dealkylation sites (tertiary alicyclic amines) is 1. The number of hydrogen-bond donors (Lipinski definition) is 2. The van der Waals surface area contributed by atoms with E-state index in [2.05, 4.69) is 5.32 Å². The van der Waals surface area contributed by atoms with Gasteiger partial charge in [-0.1, -0.05) is 0 Å². The molecule has 1 saturated heterocycles. The predicted molar refractivity (Wildman–Crippen MR) is 69.6 cm³/mol. The zero-order valence-corrected chi connectivity index (χ0v) is 11.2. The van der Waals surface area contributed by atoms with E-state index in [1.165, 1.54) is 4.90 Å². The van der Waals surface area contributed by atoms with Gasteiger partial charge in [0.1, 0.15) is 0 Å². The Morgan fingerprint density at radius 3 is 2.00 bits per heavy atom. The van der Waals surface area contributed by atoms with Gasteiger partial charge in [0.15, 0.2) is 0 Å². The van der Waals surface area contributed by atoms with Crippen molar-refractivity contribution < 1.29 is 27.2 Å². The van der Waals surface area contributed by atoms with Gasteiger partial charge in [-0.05, 0) is 18.2 Å². The maximum absolute atomic E-state index is 12.7. The Labute approximate surface area is 123 Å². The molecule has 0 aromatic heterocycles. The number of hydrogen-bond acceptors (Lipinski definition) is 2. The zero-order chi connectivity index (χ0) is 16.4. The first-order chi connectivity index (χ1) is 10.3. The molecular weight excluding hydrogens is 306 g/mol. The molecule has 1 aliphatic heterocycles. The first-order valence-electron chi connectivity index (χ1n) is 6.34. The van der Waals surface area contributed by atoms with E-state index in [9.17, 15) is 27.2 Å². The molecule has 2 rings (SSSR count). The summed E-state index contributed by atoms with van der Waals surface area (Å²) in [6.45, 7) is 0.217. The third kappa shape index (κ3) is 3.46. The Hall–Kier alpha value is -2.32. The molecule has 1 aromatic carbocycles. The molecule has 0 aliphatic carbocycles. The van der Waals surface area contributed by atoms with Crippen LogP contribution in [0.2, 0.25) is 0 Å². The minimum Gasteiger partial charge on any atom is -0.351 e. The molecule has 0 saturated carbocycles. The molecule has 22 heavy (non-hydrogen) atoms. The summed E-state index contributed by atoms with van der Waals surface area (Å²) in [6.07, 6.45) is -5.85. The van der Waals surface area contributed by atoms with Gasteiger partial charge in [-0.25, -0.2) is 22.4 Å². The summed E-state index contributed by atoms with van der Waals surface area (Å²) >= 11 is 0. The average Bonchev–Trinajstić information content (AvgIpc) is 2.35. The number of halogens is 4. The van der Waals surface area contributed by atoms with Gasteiger partial charge >= 0.3 is 6.03 Å². The largest absolute Gasteiger partial charge is 0.351 e.